The number of nitrogens with zero attached hydrogens (tertiary/aromatic N) is 2. The third-order valence-electron chi connectivity index (χ3n) is 7.14. The molecule has 2 saturated carbocycles. The number of alkyl halides is 3. The van der Waals surface area contributed by atoms with Gasteiger partial charge in [0.15, 0.2) is 0 Å². The fourth-order valence-electron chi connectivity index (χ4n) is 5.52. The summed E-state index contributed by atoms with van der Waals surface area (Å²) in [7, 11) is 0. The molecule has 1 amide bonds. The van der Waals surface area contributed by atoms with Crippen LogP contribution < -0.4 is 16.8 Å². The average molecular weight is 455 g/mol. The predicted octanol–water partition coefficient (Wildman–Crippen LogP) is 3.59. The molecule has 1 aromatic heterocycles. The number of rotatable bonds is 5. The fraction of sp³-hybridized carbons (Fsp3) is 0.333. The van der Waals surface area contributed by atoms with Gasteiger partial charge in [-0.1, -0.05) is 18.2 Å². The van der Waals surface area contributed by atoms with E-state index in [1.165, 1.54) is 12.3 Å². The van der Waals surface area contributed by atoms with Crippen LogP contribution in [0.3, 0.4) is 0 Å². The van der Waals surface area contributed by atoms with E-state index in [0.29, 0.717) is 35.1 Å². The molecular formula is C24H24F3N5O. The van der Waals surface area contributed by atoms with Gasteiger partial charge < -0.3 is 21.7 Å². The van der Waals surface area contributed by atoms with Gasteiger partial charge in [0, 0.05) is 35.6 Å². The van der Waals surface area contributed by atoms with Crippen molar-refractivity contribution in [1.82, 2.24) is 9.88 Å². The molecule has 1 saturated heterocycles. The van der Waals surface area contributed by atoms with Crippen molar-refractivity contribution in [1.29, 1.82) is 0 Å². The zero-order valence-corrected chi connectivity index (χ0v) is 17.7. The first-order chi connectivity index (χ1) is 15.7. The number of halogens is 3. The van der Waals surface area contributed by atoms with E-state index in [2.05, 4.69) is 10.3 Å². The van der Waals surface area contributed by atoms with Crippen molar-refractivity contribution in [2.24, 2.45) is 22.8 Å². The number of pyridine rings is 1. The van der Waals surface area contributed by atoms with E-state index in [9.17, 15) is 18.0 Å². The highest BCUT2D eigenvalue weighted by molar-refractivity contribution is 5.99. The third-order valence-corrected chi connectivity index (χ3v) is 7.14. The molecule has 2 heterocycles. The number of piperidine rings is 1. The number of likely N-dealkylation sites (tertiary alicyclic amines) is 1. The van der Waals surface area contributed by atoms with Crippen LogP contribution in [0, 0.1) is 11.3 Å². The SMILES string of the molecule is N/C=C\C=C(/N)c1ccccc1C(=O)N1CC2CC23CC(Nc2ccc(C(F)(F)F)cn2)C13. The lowest BCUT2D eigenvalue weighted by molar-refractivity contribution is -0.137. The van der Waals surface area contributed by atoms with Gasteiger partial charge in [0.2, 0.25) is 0 Å². The van der Waals surface area contributed by atoms with Gasteiger partial charge in [-0.25, -0.2) is 4.98 Å². The van der Waals surface area contributed by atoms with E-state index in [1.807, 2.05) is 11.0 Å². The van der Waals surface area contributed by atoms with E-state index in [0.717, 1.165) is 25.1 Å². The normalized spacial score (nSPS) is 28.3. The summed E-state index contributed by atoms with van der Waals surface area (Å²) >= 11 is 0. The number of hydrogen-bond donors (Lipinski definition) is 3. The Kier molecular flexibility index (Phi) is 4.88. The van der Waals surface area contributed by atoms with Gasteiger partial charge in [-0.3, -0.25) is 4.79 Å². The maximum Gasteiger partial charge on any atom is 0.417 e. The van der Waals surface area contributed by atoms with Crippen LogP contribution in [-0.4, -0.2) is 34.4 Å². The van der Waals surface area contributed by atoms with Gasteiger partial charge in [0.1, 0.15) is 5.82 Å². The number of allylic oxidation sites excluding steroid dienone is 2. The molecular weight excluding hydrogens is 431 g/mol. The standard InChI is InChI=1S/C24H24F3N5O/c25-24(26,27)14-7-8-20(30-12-14)31-19-11-23-10-15(23)13-32(21(19)23)22(33)17-5-2-1-4-16(17)18(29)6-3-9-28/h1-9,12,15,19,21H,10-11,13,28-29H2,(H,30,31)/b9-3-,18-6-. The van der Waals surface area contributed by atoms with Gasteiger partial charge in [-0.05, 0) is 60.7 Å². The van der Waals surface area contributed by atoms with Crippen LogP contribution in [0.25, 0.3) is 5.70 Å². The number of carbonyl (C=O) groups is 1. The van der Waals surface area contributed by atoms with Crippen LogP contribution in [0.2, 0.25) is 0 Å². The topological polar surface area (TPSA) is 97.3 Å². The van der Waals surface area contributed by atoms with Crippen molar-refractivity contribution in [3.8, 4) is 0 Å². The Balaban J connectivity index is 1.36. The molecule has 1 aliphatic heterocycles. The molecule has 0 bridgehead atoms. The van der Waals surface area contributed by atoms with E-state index < -0.39 is 11.7 Å². The predicted molar refractivity (Wildman–Crippen MR) is 119 cm³/mol. The van der Waals surface area contributed by atoms with Gasteiger partial charge in [-0.15, -0.1) is 0 Å². The van der Waals surface area contributed by atoms with E-state index in [1.54, 1.807) is 30.4 Å². The monoisotopic (exact) mass is 455 g/mol. The minimum Gasteiger partial charge on any atom is -0.405 e. The molecule has 5 N–H and O–H groups in total. The number of nitrogens with two attached hydrogens (primary N) is 2. The third kappa shape index (κ3) is 3.51. The number of hydrogen-bond acceptors (Lipinski definition) is 5. The Morgan fingerprint density at radius 1 is 1.18 bits per heavy atom. The summed E-state index contributed by atoms with van der Waals surface area (Å²) in [5.74, 6) is 0.743. The van der Waals surface area contributed by atoms with Crippen molar-refractivity contribution < 1.29 is 18.0 Å². The summed E-state index contributed by atoms with van der Waals surface area (Å²) in [6.07, 6.45) is 2.99. The number of aromatic nitrogens is 1. The number of nitrogens with one attached hydrogen (secondary N) is 1. The van der Waals surface area contributed by atoms with Crippen molar-refractivity contribution >= 4 is 17.4 Å². The molecule has 4 atom stereocenters. The van der Waals surface area contributed by atoms with Gasteiger partial charge in [0.25, 0.3) is 5.91 Å². The lowest BCUT2D eigenvalue weighted by Crippen LogP contribution is -2.60. The first-order valence-electron chi connectivity index (χ1n) is 10.8. The quantitative estimate of drug-likeness (QED) is 0.599. The maximum absolute atomic E-state index is 13.6. The highest BCUT2D eigenvalue weighted by atomic mass is 19.4. The molecule has 172 valence electrons. The number of anilines is 1. The summed E-state index contributed by atoms with van der Waals surface area (Å²) in [5.41, 5.74) is 12.5. The van der Waals surface area contributed by atoms with Crippen molar-refractivity contribution in [2.75, 3.05) is 11.9 Å². The minimum absolute atomic E-state index is 0.0266. The smallest absolute Gasteiger partial charge is 0.405 e. The maximum atomic E-state index is 13.6. The van der Waals surface area contributed by atoms with E-state index >= 15 is 0 Å². The van der Waals surface area contributed by atoms with Crippen LogP contribution in [0.15, 0.2) is 60.9 Å². The van der Waals surface area contributed by atoms with Crippen LogP contribution in [0.5, 0.6) is 0 Å². The van der Waals surface area contributed by atoms with Gasteiger partial charge >= 0.3 is 6.18 Å². The number of amides is 1. The summed E-state index contributed by atoms with van der Waals surface area (Å²) in [5, 5.41) is 3.25. The summed E-state index contributed by atoms with van der Waals surface area (Å²) in [6.45, 7) is 0.669. The molecule has 4 unspecified atom stereocenters. The lowest BCUT2D eigenvalue weighted by atomic mass is 9.71. The second-order valence-corrected chi connectivity index (χ2v) is 8.97. The van der Waals surface area contributed by atoms with Crippen LogP contribution in [-0.2, 0) is 6.18 Å². The van der Waals surface area contributed by atoms with Crippen molar-refractivity contribution in [3.05, 3.63) is 77.6 Å². The Morgan fingerprint density at radius 3 is 2.61 bits per heavy atom. The Morgan fingerprint density at radius 2 is 1.94 bits per heavy atom. The highest BCUT2D eigenvalue weighted by Crippen LogP contribution is 2.71. The van der Waals surface area contributed by atoms with E-state index in [-0.39, 0.29) is 23.4 Å². The first kappa shape index (κ1) is 21.4. The molecule has 6 nitrogen and oxygen atoms in total. The molecule has 0 radical (unpaired) electrons. The molecule has 3 aliphatic rings. The number of carbonyl (C=O) groups excluding carboxylic acids is 1. The molecule has 1 spiro atoms. The number of benzene rings is 1. The van der Waals surface area contributed by atoms with Crippen molar-refractivity contribution in [2.45, 2.75) is 31.1 Å². The average Bonchev–Trinajstić information content (AvgIpc) is 3.45. The Labute approximate surface area is 189 Å². The Bertz CT molecular complexity index is 1140. The molecule has 2 aliphatic carbocycles. The molecule has 1 aromatic carbocycles. The first-order valence-corrected chi connectivity index (χ1v) is 10.8. The van der Waals surface area contributed by atoms with Crippen LogP contribution in [0.1, 0.15) is 34.3 Å². The lowest BCUT2D eigenvalue weighted by Gasteiger charge is -2.48. The summed E-state index contributed by atoms with van der Waals surface area (Å²) in [6, 6.07) is 9.46. The van der Waals surface area contributed by atoms with Gasteiger partial charge in [-0.2, -0.15) is 13.2 Å². The second-order valence-electron chi connectivity index (χ2n) is 8.97. The van der Waals surface area contributed by atoms with Gasteiger partial charge in [0.05, 0.1) is 11.6 Å². The largest absolute Gasteiger partial charge is 0.417 e. The summed E-state index contributed by atoms with van der Waals surface area (Å²) < 4.78 is 38.5. The fourth-order valence-corrected chi connectivity index (χ4v) is 5.52. The molecule has 2 aromatic rings. The molecule has 9 heteroatoms. The second kappa shape index (κ2) is 7.54. The molecule has 5 rings (SSSR count). The Hall–Kier alpha value is -3.49. The highest BCUT2D eigenvalue weighted by Gasteiger charge is 2.75. The van der Waals surface area contributed by atoms with E-state index in [4.69, 9.17) is 11.5 Å². The molecule has 3 fully saturated rings. The zero-order chi connectivity index (χ0) is 23.4. The van der Waals surface area contributed by atoms with Crippen LogP contribution >= 0.6 is 0 Å². The summed E-state index contributed by atoms with van der Waals surface area (Å²) in [4.78, 5) is 19.4. The zero-order valence-electron chi connectivity index (χ0n) is 17.7. The molecule has 33 heavy (non-hydrogen) atoms. The van der Waals surface area contributed by atoms with Crippen LogP contribution in [0.4, 0.5) is 19.0 Å². The van der Waals surface area contributed by atoms with Crippen molar-refractivity contribution in [3.63, 3.8) is 0 Å². The minimum atomic E-state index is -4.43.